The molecule has 0 saturated heterocycles. The molecule has 248 valence electrons. The number of nitriles is 1. The molecule has 0 N–H and O–H groups in total. The number of thiophene rings is 1. The number of anilines is 6. The monoisotopic (exact) mass is 716 g/mol. The summed E-state index contributed by atoms with van der Waals surface area (Å²) in [6, 6.07) is -13.0. The lowest BCUT2D eigenvalue weighted by molar-refractivity contribution is 0.591. The van der Waals surface area contributed by atoms with Gasteiger partial charge in [-0.1, -0.05) is 99.3 Å². The average Bonchev–Trinajstić information content (AvgIpc) is 4.07. The van der Waals surface area contributed by atoms with Crippen LogP contribution < -0.4 is 26.2 Å². The molecule has 0 saturated carbocycles. The second kappa shape index (κ2) is 9.98. The van der Waals surface area contributed by atoms with Crippen LogP contribution in [0.2, 0.25) is 0 Å². The molecule has 3 aliphatic heterocycles. The van der Waals surface area contributed by atoms with Crippen LogP contribution in [-0.4, -0.2) is 11.3 Å². The molecule has 5 heterocycles. The van der Waals surface area contributed by atoms with E-state index in [0.29, 0.717) is 0 Å². The zero-order chi connectivity index (χ0) is 54.5. The van der Waals surface area contributed by atoms with Gasteiger partial charge in [0.15, 0.2) is 0 Å². The molecule has 53 heavy (non-hydrogen) atoms. The summed E-state index contributed by atoms with van der Waals surface area (Å²) in [4.78, 5) is 2.24. The number of aromatic nitrogens is 1. The Labute approximate surface area is 342 Å². The fourth-order valence-electron chi connectivity index (χ4n) is 7.93. The Morgan fingerprint density at radius 3 is 2.17 bits per heavy atom. The van der Waals surface area contributed by atoms with Crippen LogP contribution in [0.3, 0.4) is 0 Å². The zero-order valence-electron chi connectivity index (χ0n) is 49.8. The third kappa shape index (κ3) is 3.65. The van der Waals surface area contributed by atoms with E-state index in [-0.39, 0.29) is 81.0 Å². The maximum atomic E-state index is 11.1. The molecule has 7 aromatic carbocycles. The molecule has 3 aliphatic rings. The third-order valence-corrected chi connectivity index (χ3v) is 11.1. The van der Waals surface area contributed by atoms with Crippen LogP contribution in [0.25, 0.3) is 47.7 Å². The minimum absolute atomic E-state index is 0.0307. The van der Waals surface area contributed by atoms with Crippen LogP contribution in [0, 0.1) is 11.3 Å². The first-order chi connectivity index (χ1) is 35.1. The predicted molar refractivity (Wildman–Crippen MR) is 225 cm³/mol. The Kier molecular flexibility index (Phi) is 2.89. The molecule has 4 nitrogen and oxygen atoms in total. The first-order valence-corrected chi connectivity index (χ1v) is 17.3. The van der Waals surface area contributed by atoms with Gasteiger partial charge < -0.3 is 14.4 Å². The number of rotatable bonds is 1. The molecule has 0 aliphatic carbocycles. The van der Waals surface area contributed by atoms with E-state index in [1.807, 2.05) is 6.07 Å². The average molecular weight is 717 g/mol. The highest BCUT2D eigenvalue weighted by Crippen LogP contribution is 2.53. The van der Waals surface area contributed by atoms with Gasteiger partial charge in [-0.2, -0.15) is 5.26 Å². The lowest BCUT2D eigenvalue weighted by Crippen LogP contribution is -2.62. The smallest absolute Gasteiger partial charge is 0.252 e. The van der Waals surface area contributed by atoms with E-state index in [0.717, 1.165) is 16.2 Å². The molecule has 2 aromatic heterocycles. The highest BCUT2D eigenvalue weighted by atomic mass is 32.1. The van der Waals surface area contributed by atoms with Crippen molar-refractivity contribution in [3.63, 3.8) is 0 Å². The summed E-state index contributed by atoms with van der Waals surface area (Å²) in [7, 11) is 0. The van der Waals surface area contributed by atoms with Gasteiger partial charge >= 0.3 is 0 Å². The summed E-state index contributed by atoms with van der Waals surface area (Å²) in [5, 5.41) is 10.1. The summed E-state index contributed by atoms with van der Waals surface area (Å²) in [5.41, 5.74) is -5.99. The second-order valence-electron chi connectivity index (χ2n) is 13.9. The van der Waals surface area contributed by atoms with Crippen LogP contribution >= 0.6 is 11.3 Å². The first-order valence-electron chi connectivity index (χ1n) is 27.5. The molecule has 0 fully saturated rings. The maximum Gasteiger partial charge on any atom is 0.252 e. The van der Waals surface area contributed by atoms with Crippen molar-refractivity contribution in [2.75, 3.05) is 9.80 Å². The van der Waals surface area contributed by atoms with Gasteiger partial charge in [0.2, 0.25) is 0 Å². The van der Waals surface area contributed by atoms with Crippen LogP contribution in [0.4, 0.5) is 34.1 Å². The van der Waals surface area contributed by atoms with Crippen molar-refractivity contribution in [2.45, 2.75) is 26.2 Å². The van der Waals surface area contributed by atoms with Gasteiger partial charge in [-0.3, -0.25) is 0 Å². The molecule has 0 unspecified atom stereocenters. The molecular weight excluding hydrogens is 663 g/mol. The van der Waals surface area contributed by atoms with E-state index in [2.05, 4.69) is 0 Å². The fraction of sp³-hybridized carbons (Fsp3) is 0.0851. The number of fused-ring (bicyclic) bond motifs is 12. The molecule has 0 amide bonds. The number of nitrogens with zero attached hydrogens (tertiary/aromatic N) is 4. The lowest BCUT2D eigenvalue weighted by atomic mass is 9.33. The molecular formula is C47H31BN4S. The normalized spacial score (nSPS) is 19.6. The maximum absolute atomic E-state index is 11.1. The molecule has 6 heteroatoms. The zero-order valence-corrected chi connectivity index (χ0v) is 28.6. The lowest BCUT2D eigenvalue weighted by Gasteiger charge is -2.46. The van der Waals surface area contributed by atoms with Crippen molar-refractivity contribution in [3.8, 4) is 11.8 Å². The van der Waals surface area contributed by atoms with Crippen molar-refractivity contribution < 1.29 is 30.2 Å². The van der Waals surface area contributed by atoms with E-state index < -0.39 is 173 Å². The van der Waals surface area contributed by atoms with Crippen molar-refractivity contribution in [3.05, 3.63) is 144 Å². The quantitative estimate of drug-likeness (QED) is 0.159. The Hall–Kier alpha value is -6.29. The molecule has 9 aromatic rings. The van der Waals surface area contributed by atoms with Crippen LogP contribution in [0.5, 0.6) is 0 Å². The summed E-state index contributed by atoms with van der Waals surface area (Å²) in [5.74, 6) is 0. The number of benzene rings is 7. The minimum atomic E-state index is -1.71. The standard InChI is InChI=1S/C47H31BN4S/c1-47(2,3)28-21-22-35-33(25-28)48-32-14-9-18-38-46(32)52(37-17-8-13-30-29-11-4-6-15-34(29)51(38)45(30)37)40-24-27(26-49)23-39(44(40)48)50(35)36-16-10-20-42-43(36)31-12-5-7-19-41(31)53-42/h4-25H,1-3H3/i4D,5D,6D,7D,8D,9D,10D,11D,12D,13D,14D,15D,16D,17D,18D,19D,20D,21D,22D,23D,24D,25D. The third-order valence-electron chi connectivity index (χ3n) is 10.1. The predicted octanol–water partition coefficient (Wildman–Crippen LogP) is 10.7. The minimum Gasteiger partial charge on any atom is -0.311 e. The largest absolute Gasteiger partial charge is 0.311 e. The highest BCUT2D eigenvalue weighted by molar-refractivity contribution is 7.26. The number of hydrogen-bond acceptors (Lipinski definition) is 4. The van der Waals surface area contributed by atoms with Gasteiger partial charge in [0.1, 0.15) is 0 Å². The fourth-order valence-corrected chi connectivity index (χ4v) is 8.89. The van der Waals surface area contributed by atoms with Crippen molar-refractivity contribution in [1.29, 1.82) is 5.26 Å². The van der Waals surface area contributed by atoms with Gasteiger partial charge in [-0.15, -0.1) is 11.3 Å². The molecule has 0 radical (unpaired) electrons. The molecule has 0 atom stereocenters. The number of para-hydroxylation sites is 3. The highest BCUT2D eigenvalue weighted by Gasteiger charge is 2.46. The summed E-state index contributed by atoms with van der Waals surface area (Å²) in [6.45, 7) is 3.32. The van der Waals surface area contributed by atoms with Gasteiger partial charge in [0.25, 0.3) is 6.71 Å². The van der Waals surface area contributed by atoms with Crippen molar-refractivity contribution in [2.24, 2.45) is 0 Å². The van der Waals surface area contributed by atoms with E-state index in [4.69, 9.17) is 9.60 Å². The SMILES string of the molecule is [2H]c1c([2H])c2c3c(c1[2H])-n1c4c([2H])c([2H])c([2H])c([2H])c4c4c([2H])c([2H])c([2H])c(c41)N3c1c([2H])c(C#N)c([2H])c3c1B2c1c([2H])c(C(C)(C)C)c([2H])c([2H])c1N3c1c([2H])c([2H])c([2H])c2sc3c([2H])c([2H])c([2H])c([2H])c3c12. The van der Waals surface area contributed by atoms with E-state index in [1.54, 1.807) is 20.8 Å². The van der Waals surface area contributed by atoms with E-state index in [1.165, 1.54) is 9.47 Å². The second-order valence-corrected chi connectivity index (χ2v) is 15.0. The van der Waals surface area contributed by atoms with Crippen molar-refractivity contribution in [1.82, 2.24) is 4.57 Å². The Morgan fingerprint density at radius 2 is 1.32 bits per heavy atom. The Balaban J connectivity index is 1.41. The van der Waals surface area contributed by atoms with Crippen LogP contribution in [-0.2, 0) is 5.41 Å². The summed E-state index contributed by atoms with van der Waals surface area (Å²) in [6.07, 6.45) is 0. The topological polar surface area (TPSA) is 35.2 Å². The molecule has 0 bridgehead atoms. The van der Waals surface area contributed by atoms with Gasteiger partial charge in [-0.05, 0) is 81.7 Å². The Bertz CT molecular complexity index is 4420. The van der Waals surface area contributed by atoms with Crippen molar-refractivity contribution >= 4 is 111 Å². The molecule has 12 rings (SSSR count). The first kappa shape index (κ1) is 15.4. The summed E-state index contributed by atoms with van der Waals surface area (Å²) >= 11 is 0.718. The molecule has 0 spiro atoms. The van der Waals surface area contributed by atoms with Crippen LogP contribution in [0.1, 0.15) is 62.1 Å². The van der Waals surface area contributed by atoms with Gasteiger partial charge in [-0.25, -0.2) is 0 Å². The van der Waals surface area contributed by atoms with Gasteiger partial charge in [0.05, 0.1) is 75.6 Å². The van der Waals surface area contributed by atoms with Crippen LogP contribution in [0.15, 0.2) is 133 Å². The number of hydrogen-bond donors (Lipinski definition) is 0. The summed E-state index contributed by atoms with van der Waals surface area (Å²) < 4.78 is 208. The van der Waals surface area contributed by atoms with Gasteiger partial charge in [0, 0.05) is 48.0 Å². The Morgan fingerprint density at radius 1 is 0.623 bits per heavy atom. The van der Waals surface area contributed by atoms with E-state index in [9.17, 15) is 25.8 Å². The van der Waals surface area contributed by atoms with E-state index >= 15 is 0 Å².